The number of alkyl carbamates (subject to hydrolysis) is 1. The fourth-order valence-corrected chi connectivity index (χ4v) is 1.49. The first-order valence-corrected chi connectivity index (χ1v) is 7.36. The van der Waals surface area contributed by atoms with Gasteiger partial charge in [0.2, 0.25) is 0 Å². The van der Waals surface area contributed by atoms with E-state index in [1.807, 2.05) is 0 Å². The van der Waals surface area contributed by atoms with E-state index >= 15 is 0 Å². The second kappa shape index (κ2) is 9.44. The summed E-state index contributed by atoms with van der Waals surface area (Å²) in [5, 5.41) is 2.18. The van der Waals surface area contributed by atoms with Crippen molar-refractivity contribution >= 4 is 18.0 Å². The van der Waals surface area contributed by atoms with Crippen LogP contribution in [0.1, 0.15) is 33.6 Å². The van der Waals surface area contributed by atoms with Crippen molar-refractivity contribution in [1.82, 2.24) is 10.2 Å². The Bertz CT molecular complexity index is 474. The number of halogens is 3. The summed E-state index contributed by atoms with van der Waals surface area (Å²) in [7, 11) is 3.56. The molecule has 0 bridgehead atoms. The van der Waals surface area contributed by atoms with Crippen molar-refractivity contribution in [3.63, 3.8) is 0 Å². The summed E-state index contributed by atoms with van der Waals surface area (Å²) < 4.78 is 41.1. The Morgan fingerprint density at radius 2 is 1.64 bits per heavy atom. The summed E-state index contributed by atoms with van der Waals surface area (Å²) in [5.41, 5.74) is -0.842. The van der Waals surface area contributed by atoms with Gasteiger partial charge >= 0.3 is 24.2 Å². The first-order chi connectivity index (χ1) is 11.2. The fraction of sp³-hybridized carbons (Fsp3) is 0.786. The molecule has 11 heteroatoms. The molecular formula is C14H23F3N2O6. The van der Waals surface area contributed by atoms with Crippen LogP contribution >= 0.6 is 0 Å². The summed E-state index contributed by atoms with van der Waals surface area (Å²) in [6.07, 6.45) is -5.81. The number of carbonyl (C=O) groups is 3. The van der Waals surface area contributed by atoms with Crippen molar-refractivity contribution in [2.45, 2.75) is 51.4 Å². The topological polar surface area (TPSA) is 94.2 Å². The lowest BCUT2D eigenvalue weighted by Gasteiger charge is -2.22. The number of rotatable bonds is 6. The Morgan fingerprint density at radius 3 is 2.08 bits per heavy atom. The number of nitrogens with zero attached hydrogens (tertiary/aromatic N) is 1. The van der Waals surface area contributed by atoms with E-state index in [0.717, 1.165) is 0 Å². The highest BCUT2D eigenvalue weighted by Gasteiger charge is 2.43. The smallest absolute Gasteiger partial charge is 0.444 e. The Labute approximate surface area is 143 Å². The van der Waals surface area contributed by atoms with Crippen LogP contribution in [0.3, 0.4) is 0 Å². The van der Waals surface area contributed by atoms with E-state index in [2.05, 4.69) is 15.1 Å². The molecule has 0 fully saturated rings. The molecule has 0 spiro atoms. The van der Waals surface area contributed by atoms with Gasteiger partial charge in [-0.15, -0.1) is 0 Å². The van der Waals surface area contributed by atoms with Crippen LogP contribution in [0.15, 0.2) is 0 Å². The van der Waals surface area contributed by atoms with Gasteiger partial charge in [-0.25, -0.2) is 24.2 Å². The van der Waals surface area contributed by atoms with Gasteiger partial charge in [0.15, 0.2) is 0 Å². The molecule has 0 aliphatic carbocycles. The summed E-state index contributed by atoms with van der Waals surface area (Å²) in [6.45, 7) is 5.33. The lowest BCUT2D eigenvalue weighted by atomic mass is 10.1. The van der Waals surface area contributed by atoms with Crippen LogP contribution in [0.25, 0.3) is 0 Å². The van der Waals surface area contributed by atoms with Gasteiger partial charge in [0.1, 0.15) is 11.6 Å². The van der Waals surface area contributed by atoms with E-state index in [0.29, 0.717) is 13.0 Å². The average molecular weight is 372 g/mol. The number of ether oxygens (including phenoxy) is 1. The van der Waals surface area contributed by atoms with E-state index < -0.39 is 35.9 Å². The minimum atomic E-state index is -5.31. The summed E-state index contributed by atoms with van der Waals surface area (Å²) in [5.74, 6) is -4.02. The zero-order valence-corrected chi connectivity index (χ0v) is 14.7. The molecular weight excluding hydrogens is 349 g/mol. The highest BCUT2D eigenvalue weighted by Crippen LogP contribution is 2.17. The van der Waals surface area contributed by atoms with Gasteiger partial charge in [-0.2, -0.15) is 13.2 Å². The van der Waals surface area contributed by atoms with Crippen molar-refractivity contribution < 1.29 is 42.1 Å². The molecule has 1 unspecified atom stereocenters. The predicted molar refractivity (Wildman–Crippen MR) is 79.2 cm³/mol. The third-order valence-electron chi connectivity index (χ3n) is 2.50. The van der Waals surface area contributed by atoms with Crippen molar-refractivity contribution in [3.8, 4) is 0 Å². The van der Waals surface area contributed by atoms with Crippen molar-refractivity contribution in [2.75, 3.05) is 20.6 Å². The maximum absolute atomic E-state index is 12.0. The minimum absolute atomic E-state index is 0.0415. The van der Waals surface area contributed by atoms with E-state index in [-0.39, 0.29) is 6.42 Å². The summed E-state index contributed by atoms with van der Waals surface area (Å²) in [4.78, 5) is 43.2. The van der Waals surface area contributed by atoms with Gasteiger partial charge in [0, 0.05) is 0 Å². The minimum Gasteiger partial charge on any atom is -0.444 e. The largest absolute Gasteiger partial charge is 0.495 e. The lowest BCUT2D eigenvalue weighted by molar-refractivity contribution is -0.286. The van der Waals surface area contributed by atoms with Crippen LogP contribution in [-0.4, -0.2) is 61.4 Å². The van der Waals surface area contributed by atoms with E-state index in [9.17, 15) is 27.6 Å². The molecule has 0 rings (SSSR count). The fourth-order valence-electron chi connectivity index (χ4n) is 1.49. The molecule has 146 valence electrons. The van der Waals surface area contributed by atoms with Crippen LogP contribution in [0.2, 0.25) is 0 Å². The van der Waals surface area contributed by atoms with E-state index in [1.165, 1.54) is 0 Å². The number of hydrogen-bond acceptors (Lipinski definition) is 7. The second-order valence-electron chi connectivity index (χ2n) is 6.42. The van der Waals surface area contributed by atoms with Crippen molar-refractivity contribution in [1.29, 1.82) is 0 Å². The molecule has 8 nitrogen and oxygen atoms in total. The quantitative estimate of drug-likeness (QED) is 0.561. The van der Waals surface area contributed by atoms with Crippen molar-refractivity contribution in [3.05, 3.63) is 0 Å². The summed E-state index contributed by atoms with van der Waals surface area (Å²) >= 11 is 0. The monoisotopic (exact) mass is 372 g/mol. The molecule has 0 saturated heterocycles. The molecule has 0 aromatic carbocycles. The van der Waals surface area contributed by atoms with E-state index in [1.54, 1.807) is 39.8 Å². The van der Waals surface area contributed by atoms with Gasteiger partial charge in [-0.05, 0) is 54.3 Å². The van der Waals surface area contributed by atoms with Crippen LogP contribution < -0.4 is 5.32 Å². The number of carbonyl (C=O) groups excluding carboxylic acids is 3. The molecule has 1 amide bonds. The van der Waals surface area contributed by atoms with Gasteiger partial charge in [0.25, 0.3) is 0 Å². The zero-order chi connectivity index (χ0) is 19.8. The first-order valence-electron chi connectivity index (χ1n) is 7.36. The third-order valence-corrected chi connectivity index (χ3v) is 2.50. The van der Waals surface area contributed by atoms with Gasteiger partial charge in [0.05, 0.1) is 0 Å². The van der Waals surface area contributed by atoms with Crippen molar-refractivity contribution in [2.24, 2.45) is 0 Å². The number of amides is 1. The number of hydrogen-bond donors (Lipinski definition) is 1. The number of nitrogens with one attached hydrogen (secondary N) is 1. The summed E-state index contributed by atoms with van der Waals surface area (Å²) in [6, 6.07) is -1.34. The number of alkyl halides is 3. The Kier molecular flexibility index (Phi) is 8.67. The van der Waals surface area contributed by atoms with Gasteiger partial charge in [-0.1, -0.05) is 0 Å². The predicted octanol–water partition coefficient (Wildman–Crippen LogP) is 1.79. The Balaban J connectivity index is 4.78. The second-order valence-corrected chi connectivity index (χ2v) is 6.42. The maximum atomic E-state index is 12.0. The van der Waals surface area contributed by atoms with Gasteiger partial charge < -0.3 is 15.0 Å². The normalized spacial score (nSPS) is 13.2. The lowest BCUT2D eigenvalue weighted by Crippen LogP contribution is -2.45. The first kappa shape index (κ1) is 23.0. The molecule has 1 N–H and O–H groups in total. The molecule has 1 atom stereocenters. The van der Waals surface area contributed by atoms with Crippen LogP contribution in [-0.2, 0) is 24.1 Å². The average Bonchev–Trinajstić information content (AvgIpc) is 2.39. The third kappa shape index (κ3) is 11.2. The highest BCUT2D eigenvalue weighted by molar-refractivity contribution is 5.82. The molecule has 0 radical (unpaired) electrons. The van der Waals surface area contributed by atoms with Gasteiger partial charge in [-0.3, -0.25) is 0 Å². The molecule has 0 aromatic rings. The molecule has 0 aromatic heterocycles. The standard InChI is InChI=1S/C14H23F3N2O6/c1-13(2,3)23-12(22)18-9(7-6-8-19(4)5)10(20)24-25-11(21)14(15,16)17/h9H,6-8H2,1-5H3,(H,18,22). The van der Waals surface area contributed by atoms with Crippen LogP contribution in [0.4, 0.5) is 18.0 Å². The highest BCUT2D eigenvalue weighted by atomic mass is 19.4. The van der Waals surface area contributed by atoms with E-state index in [4.69, 9.17) is 4.74 Å². The molecule has 0 aliphatic rings. The maximum Gasteiger partial charge on any atom is 0.495 e. The zero-order valence-electron chi connectivity index (χ0n) is 14.7. The molecule has 25 heavy (non-hydrogen) atoms. The Hall–Kier alpha value is -2.04. The Morgan fingerprint density at radius 1 is 1.08 bits per heavy atom. The SMILES string of the molecule is CN(C)CCCC(NC(=O)OC(C)(C)C)C(=O)OOC(=O)C(F)(F)F. The molecule has 0 heterocycles. The molecule has 0 aliphatic heterocycles. The van der Waals surface area contributed by atoms with Crippen LogP contribution in [0, 0.1) is 0 Å². The van der Waals surface area contributed by atoms with Crippen LogP contribution in [0.5, 0.6) is 0 Å². The molecule has 0 saturated carbocycles.